The highest BCUT2D eigenvalue weighted by molar-refractivity contribution is 9.10. The molecular formula is C17H23BrN2O3. The Morgan fingerprint density at radius 1 is 1.43 bits per heavy atom. The molecule has 0 aliphatic carbocycles. The second kappa shape index (κ2) is 7.20. The zero-order valence-electron chi connectivity index (χ0n) is 13.4. The number of aliphatic carboxylic acids is 1. The van der Waals surface area contributed by atoms with Gasteiger partial charge < -0.3 is 9.84 Å². The number of piperidine rings is 1. The molecule has 23 heavy (non-hydrogen) atoms. The average molecular weight is 383 g/mol. The smallest absolute Gasteiger partial charge is 0.317 e. The van der Waals surface area contributed by atoms with Gasteiger partial charge in [-0.25, -0.2) is 0 Å². The van der Waals surface area contributed by atoms with Crippen LogP contribution < -0.4 is 4.74 Å². The molecule has 0 bridgehead atoms. The van der Waals surface area contributed by atoms with E-state index < -0.39 is 5.97 Å². The Hall–Kier alpha value is -1.11. The van der Waals surface area contributed by atoms with E-state index in [-0.39, 0.29) is 6.54 Å². The van der Waals surface area contributed by atoms with Gasteiger partial charge in [0.25, 0.3) is 0 Å². The number of rotatable bonds is 5. The van der Waals surface area contributed by atoms with Gasteiger partial charge in [-0.15, -0.1) is 0 Å². The molecule has 2 aliphatic heterocycles. The highest BCUT2D eigenvalue weighted by Crippen LogP contribution is 2.34. The van der Waals surface area contributed by atoms with E-state index in [0.717, 1.165) is 55.7 Å². The molecule has 0 amide bonds. The van der Waals surface area contributed by atoms with E-state index in [1.54, 1.807) is 0 Å². The van der Waals surface area contributed by atoms with Gasteiger partial charge in [-0.1, -0.05) is 15.9 Å². The number of carboxylic acids is 1. The molecule has 0 spiro atoms. The number of carboxylic acid groups (broad SMARTS) is 1. The number of nitrogens with zero attached hydrogens (tertiary/aromatic N) is 2. The molecule has 2 heterocycles. The Kier molecular flexibility index (Phi) is 5.24. The fourth-order valence-corrected chi connectivity index (χ4v) is 4.12. The Bertz CT molecular complexity index is 585. The van der Waals surface area contributed by atoms with Crippen LogP contribution in [-0.4, -0.2) is 60.2 Å². The van der Waals surface area contributed by atoms with E-state index in [9.17, 15) is 4.79 Å². The summed E-state index contributed by atoms with van der Waals surface area (Å²) in [6.45, 7) is 3.79. The Morgan fingerprint density at radius 3 is 2.87 bits per heavy atom. The zero-order valence-corrected chi connectivity index (χ0v) is 15.0. The van der Waals surface area contributed by atoms with Crippen molar-refractivity contribution in [1.82, 2.24) is 9.80 Å². The van der Waals surface area contributed by atoms with Crippen LogP contribution in [0.2, 0.25) is 0 Å². The van der Waals surface area contributed by atoms with Crippen molar-refractivity contribution in [1.29, 1.82) is 0 Å². The Labute approximate surface area is 145 Å². The Morgan fingerprint density at radius 2 is 2.17 bits per heavy atom. The van der Waals surface area contributed by atoms with Gasteiger partial charge in [0.1, 0.15) is 5.75 Å². The third-order valence-electron chi connectivity index (χ3n) is 4.78. The van der Waals surface area contributed by atoms with Gasteiger partial charge in [0.2, 0.25) is 0 Å². The predicted octanol–water partition coefficient (Wildman–Crippen LogP) is 2.36. The molecular weight excluding hydrogens is 360 g/mol. The molecule has 0 radical (unpaired) electrons. The standard InChI is InChI=1S/C17H23BrN2O3/c1-19(11-16(21)22)15-2-5-20(6-3-15)10-13-9-14(18)8-12-4-7-23-17(12)13/h8-9,15H,2-7,10-11H2,1H3,(H,21,22). The third-order valence-corrected chi connectivity index (χ3v) is 5.24. The maximum absolute atomic E-state index is 10.8. The predicted molar refractivity (Wildman–Crippen MR) is 91.9 cm³/mol. The first-order valence-electron chi connectivity index (χ1n) is 8.11. The summed E-state index contributed by atoms with van der Waals surface area (Å²) in [4.78, 5) is 15.2. The molecule has 1 aromatic carbocycles. The number of likely N-dealkylation sites (N-methyl/N-ethyl adjacent to an activating group) is 1. The summed E-state index contributed by atoms with van der Waals surface area (Å²) < 4.78 is 6.93. The van der Waals surface area contributed by atoms with Crippen LogP contribution in [-0.2, 0) is 17.8 Å². The van der Waals surface area contributed by atoms with E-state index in [0.29, 0.717) is 6.04 Å². The van der Waals surface area contributed by atoms with Gasteiger partial charge in [0.05, 0.1) is 13.2 Å². The summed E-state index contributed by atoms with van der Waals surface area (Å²) in [7, 11) is 1.91. The average Bonchev–Trinajstić information content (AvgIpc) is 2.95. The van der Waals surface area contributed by atoms with Crippen LogP contribution >= 0.6 is 15.9 Å². The summed E-state index contributed by atoms with van der Waals surface area (Å²) in [6.07, 6.45) is 3.02. The van der Waals surface area contributed by atoms with Crippen molar-refractivity contribution in [2.24, 2.45) is 0 Å². The molecule has 2 aliphatic rings. The lowest BCUT2D eigenvalue weighted by Gasteiger charge is -2.36. The van der Waals surface area contributed by atoms with Gasteiger partial charge in [0, 0.05) is 29.0 Å². The van der Waals surface area contributed by atoms with Crippen molar-refractivity contribution in [2.75, 3.05) is 33.3 Å². The fraction of sp³-hybridized carbons (Fsp3) is 0.588. The number of hydrogen-bond donors (Lipinski definition) is 1. The molecule has 126 valence electrons. The van der Waals surface area contributed by atoms with Crippen LogP contribution in [0.3, 0.4) is 0 Å². The maximum atomic E-state index is 10.8. The van der Waals surface area contributed by atoms with E-state index >= 15 is 0 Å². The van der Waals surface area contributed by atoms with Crippen LogP contribution in [0.4, 0.5) is 0 Å². The van der Waals surface area contributed by atoms with Crippen molar-refractivity contribution in [3.63, 3.8) is 0 Å². The number of fused-ring (bicyclic) bond motifs is 1. The lowest BCUT2D eigenvalue weighted by molar-refractivity contribution is -0.138. The van der Waals surface area contributed by atoms with E-state index in [4.69, 9.17) is 9.84 Å². The molecule has 1 fully saturated rings. The number of carbonyl (C=O) groups is 1. The van der Waals surface area contributed by atoms with Gasteiger partial charge >= 0.3 is 5.97 Å². The lowest BCUT2D eigenvalue weighted by Crippen LogP contribution is -2.44. The molecule has 5 nitrogen and oxygen atoms in total. The number of halogens is 1. The molecule has 0 aromatic heterocycles. The number of likely N-dealkylation sites (tertiary alicyclic amines) is 1. The number of hydrogen-bond acceptors (Lipinski definition) is 4. The first-order chi connectivity index (χ1) is 11.0. The quantitative estimate of drug-likeness (QED) is 0.846. The first-order valence-corrected chi connectivity index (χ1v) is 8.90. The molecule has 1 N–H and O–H groups in total. The van der Waals surface area contributed by atoms with Crippen molar-refractivity contribution in [3.8, 4) is 5.75 Å². The first kappa shape index (κ1) is 16.7. The highest BCUT2D eigenvalue weighted by Gasteiger charge is 2.25. The minimum atomic E-state index is -0.753. The number of ether oxygens (including phenoxy) is 1. The van der Waals surface area contributed by atoms with Crippen LogP contribution in [0.5, 0.6) is 5.75 Å². The van der Waals surface area contributed by atoms with Crippen LogP contribution in [0.15, 0.2) is 16.6 Å². The molecule has 0 saturated carbocycles. The van der Waals surface area contributed by atoms with Gasteiger partial charge in [-0.3, -0.25) is 14.6 Å². The molecule has 1 aromatic rings. The zero-order chi connectivity index (χ0) is 16.4. The topological polar surface area (TPSA) is 53.0 Å². The van der Waals surface area contributed by atoms with Crippen molar-refractivity contribution in [3.05, 3.63) is 27.7 Å². The maximum Gasteiger partial charge on any atom is 0.317 e. The van der Waals surface area contributed by atoms with Crippen molar-refractivity contribution < 1.29 is 14.6 Å². The van der Waals surface area contributed by atoms with E-state index in [1.165, 1.54) is 11.1 Å². The third kappa shape index (κ3) is 4.05. The van der Waals surface area contributed by atoms with E-state index in [2.05, 4.69) is 33.0 Å². The molecule has 0 atom stereocenters. The van der Waals surface area contributed by atoms with E-state index in [1.807, 2.05) is 11.9 Å². The minimum Gasteiger partial charge on any atom is -0.493 e. The van der Waals surface area contributed by atoms with Gasteiger partial charge in [0.15, 0.2) is 0 Å². The molecule has 6 heteroatoms. The van der Waals surface area contributed by atoms with Gasteiger partial charge in [-0.2, -0.15) is 0 Å². The largest absolute Gasteiger partial charge is 0.493 e. The van der Waals surface area contributed by atoms with Crippen molar-refractivity contribution >= 4 is 21.9 Å². The number of benzene rings is 1. The lowest BCUT2D eigenvalue weighted by atomic mass is 10.0. The molecule has 3 rings (SSSR count). The van der Waals surface area contributed by atoms with Gasteiger partial charge in [-0.05, 0) is 50.7 Å². The Balaban J connectivity index is 1.58. The second-order valence-corrected chi connectivity index (χ2v) is 7.38. The minimum absolute atomic E-state index is 0.123. The SMILES string of the molecule is CN(CC(=O)O)C1CCN(Cc2cc(Br)cc3c2OCC3)CC1. The normalized spacial score (nSPS) is 18.9. The molecule has 1 saturated heterocycles. The summed E-state index contributed by atoms with van der Waals surface area (Å²) >= 11 is 3.60. The highest BCUT2D eigenvalue weighted by atomic mass is 79.9. The van der Waals surface area contributed by atoms with Crippen LogP contribution in [0.1, 0.15) is 24.0 Å². The summed E-state index contributed by atoms with van der Waals surface area (Å²) in [5.74, 6) is 0.315. The summed E-state index contributed by atoms with van der Waals surface area (Å²) in [6, 6.07) is 4.68. The van der Waals surface area contributed by atoms with Crippen molar-refractivity contribution in [2.45, 2.75) is 31.8 Å². The second-order valence-electron chi connectivity index (χ2n) is 6.47. The fourth-order valence-electron chi connectivity index (χ4n) is 3.57. The van der Waals surface area contributed by atoms with Crippen LogP contribution in [0, 0.1) is 0 Å². The molecule has 0 unspecified atom stereocenters. The summed E-state index contributed by atoms with van der Waals surface area (Å²) in [5.41, 5.74) is 2.55. The summed E-state index contributed by atoms with van der Waals surface area (Å²) in [5, 5.41) is 8.91. The van der Waals surface area contributed by atoms with Crippen LogP contribution in [0.25, 0.3) is 0 Å². The monoisotopic (exact) mass is 382 g/mol.